The number of para-hydroxylation sites is 1. The summed E-state index contributed by atoms with van der Waals surface area (Å²) < 4.78 is 0. The molecule has 0 bridgehead atoms. The third-order valence-electron chi connectivity index (χ3n) is 2.76. The second-order valence-corrected chi connectivity index (χ2v) is 4.03. The number of nitrogens with zero attached hydrogens (tertiary/aromatic N) is 2. The molecule has 0 atom stereocenters. The highest BCUT2D eigenvalue weighted by Crippen LogP contribution is 2.34. The Morgan fingerprint density at radius 2 is 1.90 bits per heavy atom. The number of hydrogen-bond acceptors (Lipinski definition) is 5. The molecule has 0 fully saturated rings. The van der Waals surface area contributed by atoms with Gasteiger partial charge in [0.1, 0.15) is 11.4 Å². The summed E-state index contributed by atoms with van der Waals surface area (Å²) in [7, 11) is 1.63. The second-order valence-electron chi connectivity index (χ2n) is 4.03. The fourth-order valence-corrected chi connectivity index (χ4v) is 1.86. The largest absolute Gasteiger partial charge is 0.382 e. The lowest BCUT2D eigenvalue weighted by molar-refractivity contribution is -0.383. The predicted molar refractivity (Wildman–Crippen MR) is 77.1 cm³/mol. The minimum absolute atomic E-state index is 0.0302. The van der Waals surface area contributed by atoms with Gasteiger partial charge in [-0.1, -0.05) is 12.1 Å². The number of hydrogen-bond donors (Lipinski definition) is 2. The topological polar surface area (TPSA) is 91.0 Å². The number of nitro benzene ring substituents is 1. The van der Waals surface area contributed by atoms with E-state index < -0.39 is 4.92 Å². The first-order chi connectivity index (χ1) is 9.65. The molecule has 0 amide bonds. The van der Waals surface area contributed by atoms with Crippen molar-refractivity contribution in [1.29, 1.82) is 5.26 Å². The molecule has 0 unspecified atom stereocenters. The van der Waals surface area contributed by atoms with Gasteiger partial charge in [0.15, 0.2) is 0 Å². The van der Waals surface area contributed by atoms with Crippen molar-refractivity contribution in [2.45, 2.75) is 0 Å². The van der Waals surface area contributed by atoms with Crippen LogP contribution in [0.3, 0.4) is 0 Å². The number of anilines is 3. The van der Waals surface area contributed by atoms with E-state index in [2.05, 4.69) is 10.6 Å². The van der Waals surface area contributed by atoms with Crippen LogP contribution in [-0.4, -0.2) is 12.0 Å². The van der Waals surface area contributed by atoms with Crippen molar-refractivity contribution in [1.82, 2.24) is 0 Å². The van der Waals surface area contributed by atoms with Crippen LogP contribution in [0.5, 0.6) is 0 Å². The molecular weight excluding hydrogens is 256 g/mol. The number of rotatable bonds is 4. The van der Waals surface area contributed by atoms with Crippen LogP contribution in [0.1, 0.15) is 5.56 Å². The van der Waals surface area contributed by atoms with Gasteiger partial charge in [-0.15, -0.1) is 0 Å². The molecule has 2 aromatic carbocycles. The van der Waals surface area contributed by atoms with Gasteiger partial charge in [0.2, 0.25) is 0 Å². The number of nitro groups is 1. The van der Waals surface area contributed by atoms with Crippen LogP contribution >= 0.6 is 0 Å². The van der Waals surface area contributed by atoms with Gasteiger partial charge >= 0.3 is 5.69 Å². The zero-order valence-corrected chi connectivity index (χ0v) is 10.8. The quantitative estimate of drug-likeness (QED) is 0.656. The lowest BCUT2D eigenvalue weighted by atomic mass is 10.2. The van der Waals surface area contributed by atoms with E-state index in [4.69, 9.17) is 5.26 Å². The first kappa shape index (κ1) is 13.4. The predicted octanol–water partition coefficient (Wildman–Crippen LogP) is 3.25. The van der Waals surface area contributed by atoms with Crippen LogP contribution in [0.2, 0.25) is 0 Å². The average Bonchev–Trinajstić information content (AvgIpc) is 2.46. The van der Waals surface area contributed by atoms with E-state index in [9.17, 15) is 10.1 Å². The third kappa shape index (κ3) is 2.67. The zero-order chi connectivity index (χ0) is 14.5. The summed E-state index contributed by atoms with van der Waals surface area (Å²) >= 11 is 0. The van der Waals surface area contributed by atoms with E-state index in [0.717, 1.165) is 0 Å². The van der Waals surface area contributed by atoms with E-state index in [1.54, 1.807) is 49.5 Å². The maximum absolute atomic E-state index is 11.2. The van der Waals surface area contributed by atoms with Crippen LogP contribution < -0.4 is 10.6 Å². The van der Waals surface area contributed by atoms with Gasteiger partial charge in [0.25, 0.3) is 0 Å². The first-order valence-corrected chi connectivity index (χ1v) is 5.88. The van der Waals surface area contributed by atoms with Gasteiger partial charge < -0.3 is 10.6 Å². The Morgan fingerprint density at radius 1 is 1.20 bits per heavy atom. The lowest BCUT2D eigenvalue weighted by Crippen LogP contribution is -2.01. The summed E-state index contributed by atoms with van der Waals surface area (Å²) in [5, 5.41) is 25.8. The molecule has 20 heavy (non-hydrogen) atoms. The minimum Gasteiger partial charge on any atom is -0.382 e. The van der Waals surface area contributed by atoms with Crippen molar-refractivity contribution < 1.29 is 4.92 Å². The monoisotopic (exact) mass is 268 g/mol. The Labute approximate surface area is 115 Å². The Balaban J connectivity index is 2.43. The molecule has 0 spiro atoms. The van der Waals surface area contributed by atoms with Gasteiger partial charge in [-0.25, -0.2) is 0 Å². The fourth-order valence-electron chi connectivity index (χ4n) is 1.86. The highest BCUT2D eigenvalue weighted by Gasteiger charge is 2.18. The summed E-state index contributed by atoms with van der Waals surface area (Å²) in [6, 6.07) is 13.8. The molecule has 2 aromatic rings. The fraction of sp³-hybridized carbons (Fsp3) is 0.0714. The molecule has 2 N–H and O–H groups in total. The van der Waals surface area contributed by atoms with Gasteiger partial charge in [-0.2, -0.15) is 5.26 Å². The molecule has 0 aliphatic heterocycles. The van der Waals surface area contributed by atoms with Gasteiger partial charge in [0.05, 0.1) is 16.6 Å². The van der Waals surface area contributed by atoms with E-state index in [0.29, 0.717) is 22.6 Å². The second kappa shape index (κ2) is 5.71. The highest BCUT2D eigenvalue weighted by atomic mass is 16.6. The maximum atomic E-state index is 11.2. The Bertz CT molecular complexity index is 692. The minimum atomic E-state index is -0.442. The zero-order valence-electron chi connectivity index (χ0n) is 10.8. The maximum Gasteiger partial charge on any atom is 0.315 e. The van der Waals surface area contributed by atoms with Crippen molar-refractivity contribution >= 4 is 22.7 Å². The number of nitriles is 1. The van der Waals surface area contributed by atoms with Crippen LogP contribution in [0.15, 0.2) is 42.5 Å². The van der Waals surface area contributed by atoms with E-state index in [1.807, 2.05) is 6.07 Å². The molecule has 0 aromatic heterocycles. The van der Waals surface area contributed by atoms with E-state index >= 15 is 0 Å². The third-order valence-corrected chi connectivity index (χ3v) is 2.76. The summed E-state index contributed by atoms with van der Waals surface area (Å²) in [5.74, 6) is 0. The summed E-state index contributed by atoms with van der Waals surface area (Å²) in [5.41, 5.74) is 1.88. The molecular formula is C14H12N4O2. The Morgan fingerprint density at radius 3 is 2.55 bits per heavy atom. The van der Waals surface area contributed by atoms with Crippen molar-refractivity contribution in [3.05, 3.63) is 58.1 Å². The number of nitrogens with one attached hydrogen (secondary N) is 2. The molecule has 0 aliphatic rings. The standard InChI is InChI=1S/C14H12N4O2/c1-16-12-6-3-7-13(14(12)18(19)20)17-11-5-2-4-10(8-11)9-15/h2-8,16-17H,1H3. The summed E-state index contributed by atoms with van der Waals surface area (Å²) in [6.45, 7) is 0. The van der Waals surface area contributed by atoms with Crippen LogP contribution in [0, 0.1) is 21.4 Å². The number of benzene rings is 2. The van der Waals surface area contributed by atoms with E-state index in [1.165, 1.54) is 0 Å². The smallest absolute Gasteiger partial charge is 0.315 e. The summed E-state index contributed by atoms with van der Waals surface area (Å²) in [6.07, 6.45) is 0. The van der Waals surface area contributed by atoms with Crippen LogP contribution in [0.25, 0.3) is 0 Å². The van der Waals surface area contributed by atoms with E-state index in [-0.39, 0.29) is 5.69 Å². The molecule has 100 valence electrons. The Hall–Kier alpha value is -3.07. The summed E-state index contributed by atoms with van der Waals surface area (Å²) in [4.78, 5) is 10.7. The van der Waals surface area contributed by atoms with Crippen molar-refractivity contribution in [2.75, 3.05) is 17.7 Å². The first-order valence-electron chi connectivity index (χ1n) is 5.88. The molecule has 0 aliphatic carbocycles. The SMILES string of the molecule is CNc1cccc(Nc2cccc(C#N)c2)c1[N+](=O)[O-]. The average molecular weight is 268 g/mol. The van der Waals surface area contributed by atoms with Gasteiger partial charge in [-0.3, -0.25) is 10.1 Å². The highest BCUT2D eigenvalue weighted by molar-refractivity contribution is 5.79. The van der Waals surface area contributed by atoms with Gasteiger partial charge in [0, 0.05) is 12.7 Å². The van der Waals surface area contributed by atoms with Crippen molar-refractivity contribution in [3.8, 4) is 6.07 Å². The molecule has 6 heteroatoms. The van der Waals surface area contributed by atoms with Gasteiger partial charge in [-0.05, 0) is 30.3 Å². The molecule has 0 saturated carbocycles. The van der Waals surface area contributed by atoms with Crippen LogP contribution in [0.4, 0.5) is 22.7 Å². The van der Waals surface area contributed by atoms with Crippen molar-refractivity contribution in [3.63, 3.8) is 0 Å². The molecule has 0 saturated heterocycles. The molecule has 0 radical (unpaired) electrons. The normalized spacial score (nSPS) is 9.60. The van der Waals surface area contributed by atoms with Crippen LogP contribution in [-0.2, 0) is 0 Å². The van der Waals surface area contributed by atoms with Crippen molar-refractivity contribution in [2.24, 2.45) is 0 Å². The molecule has 6 nitrogen and oxygen atoms in total. The molecule has 2 rings (SSSR count). The molecule has 0 heterocycles. The Kier molecular flexibility index (Phi) is 3.82. The lowest BCUT2D eigenvalue weighted by Gasteiger charge is -2.10.